The predicted octanol–water partition coefficient (Wildman–Crippen LogP) is 4.53. The van der Waals surface area contributed by atoms with Gasteiger partial charge in [-0.05, 0) is 49.7 Å². The summed E-state index contributed by atoms with van der Waals surface area (Å²) in [6.07, 6.45) is -0.0740. The van der Waals surface area contributed by atoms with E-state index in [1.165, 1.54) is 0 Å². The van der Waals surface area contributed by atoms with E-state index in [0.717, 1.165) is 5.75 Å². The number of nitrogens with one attached hydrogen (secondary N) is 1. The van der Waals surface area contributed by atoms with Crippen LogP contribution in [-0.4, -0.2) is 18.6 Å². The number of hydrogen-bond donors (Lipinski definition) is 1. The highest BCUT2D eigenvalue weighted by Crippen LogP contribution is 2.25. The van der Waals surface area contributed by atoms with Crippen LogP contribution in [0.1, 0.15) is 20.3 Å². The number of hydrogen-bond acceptors (Lipinski definition) is 3. The molecule has 5 heteroatoms. The van der Waals surface area contributed by atoms with Crippen molar-refractivity contribution in [2.75, 3.05) is 11.9 Å². The van der Waals surface area contributed by atoms with Crippen molar-refractivity contribution in [2.45, 2.75) is 26.4 Å². The molecule has 0 spiro atoms. The third-order valence-electron chi connectivity index (χ3n) is 3.20. The Morgan fingerprint density at radius 2 is 1.83 bits per heavy atom. The quantitative estimate of drug-likeness (QED) is 0.809. The summed E-state index contributed by atoms with van der Waals surface area (Å²) in [5, 5.41) is 3.33. The molecule has 0 aromatic heterocycles. The van der Waals surface area contributed by atoms with Crippen molar-refractivity contribution in [3.05, 3.63) is 53.6 Å². The molecule has 0 saturated carbocycles. The van der Waals surface area contributed by atoms with Gasteiger partial charge < -0.3 is 14.8 Å². The van der Waals surface area contributed by atoms with Crippen molar-refractivity contribution in [2.24, 2.45) is 0 Å². The summed E-state index contributed by atoms with van der Waals surface area (Å²) in [5.74, 6) is 1.06. The monoisotopic (exact) mass is 333 g/mol. The first kappa shape index (κ1) is 17.2. The molecule has 1 atom stereocenters. The van der Waals surface area contributed by atoms with Gasteiger partial charge in [-0.2, -0.15) is 0 Å². The van der Waals surface area contributed by atoms with Crippen molar-refractivity contribution in [1.82, 2.24) is 0 Å². The number of benzene rings is 2. The van der Waals surface area contributed by atoms with Crippen LogP contribution in [0.15, 0.2) is 48.5 Å². The topological polar surface area (TPSA) is 47.6 Å². The van der Waals surface area contributed by atoms with Crippen LogP contribution < -0.4 is 14.8 Å². The lowest BCUT2D eigenvalue weighted by molar-refractivity contribution is -0.122. The second kappa shape index (κ2) is 8.44. The van der Waals surface area contributed by atoms with Crippen LogP contribution in [0.2, 0.25) is 5.02 Å². The second-order valence-corrected chi connectivity index (χ2v) is 5.30. The summed E-state index contributed by atoms with van der Waals surface area (Å²) in [5.41, 5.74) is 0.694. The summed E-state index contributed by atoms with van der Waals surface area (Å²) in [4.78, 5) is 12.4. The molecule has 1 unspecified atom stereocenters. The van der Waals surface area contributed by atoms with Gasteiger partial charge in [0.2, 0.25) is 0 Å². The van der Waals surface area contributed by atoms with E-state index in [2.05, 4.69) is 5.32 Å². The number of ether oxygens (including phenoxy) is 2. The Hall–Kier alpha value is -2.20. The molecule has 4 nitrogen and oxygen atoms in total. The molecule has 0 fully saturated rings. The first-order chi connectivity index (χ1) is 11.1. The van der Waals surface area contributed by atoms with Crippen LogP contribution in [-0.2, 0) is 4.79 Å². The van der Waals surface area contributed by atoms with E-state index in [9.17, 15) is 4.79 Å². The summed E-state index contributed by atoms with van der Waals surface area (Å²) < 4.78 is 11.1. The Morgan fingerprint density at radius 1 is 1.13 bits per heavy atom. The summed E-state index contributed by atoms with van der Waals surface area (Å²) in [6.45, 7) is 4.42. The third kappa shape index (κ3) is 4.89. The van der Waals surface area contributed by atoms with E-state index in [4.69, 9.17) is 21.1 Å². The van der Waals surface area contributed by atoms with Crippen molar-refractivity contribution < 1.29 is 14.3 Å². The first-order valence-corrected chi connectivity index (χ1v) is 7.96. The molecule has 2 aromatic carbocycles. The fraction of sp³-hybridized carbons (Fsp3) is 0.278. The molecule has 0 radical (unpaired) electrons. The average Bonchev–Trinajstić information content (AvgIpc) is 2.56. The van der Waals surface area contributed by atoms with Crippen molar-refractivity contribution in [3.8, 4) is 11.5 Å². The Morgan fingerprint density at radius 3 is 2.43 bits per heavy atom. The van der Waals surface area contributed by atoms with E-state index >= 15 is 0 Å². The number of amides is 1. The number of para-hydroxylation sites is 1. The fourth-order valence-corrected chi connectivity index (χ4v) is 2.22. The molecule has 2 aromatic rings. The average molecular weight is 334 g/mol. The van der Waals surface area contributed by atoms with Gasteiger partial charge in [-0.1, -0.05) is 30.7 Å². The van der Waals surface area contributed by atoms with E-state index in [0.29, 0.717) is 29.5 Å². The van der Waals surface area contributed by atoms with Gasteiger partial charge >= 0.3 is 0 Å². The Labute approximate surface area is 141 Å². The maximum Gasteiger partial charge on any atom is 0.265 e. The molecular formula is C18H20ClNO3. The van der Waals surface area contributed by atoms with Crippen LogP contribution in [0, 0.1) is 0 Å². The lowest BCUT2D eigenvalue weighted by atomic mass is 10.2. The van der Waals surface area contributed by atoms with E-state index in [1.807, 2.05) is 38.1 Å². The maximum absolute atomic E-state index is 12.4. The SMILES string of the molecule is CCOc1ccc(NC(=O)C(CC)Oc2ccccc2Cl)cc1. The number of rotatable bonds is 7. The first-order valence-electron chi connectivity index (χ1n) is 7.59. The Kier molecular flexibility index (Phi) is 6.29. The van der Waals surface area contributed by atoms with Crippen LogP contribution >= 0.6 is 11.6 Å². The van der Waals surface area contributed by atoms with Crippen LogP contribution in [0.4, 0.5) is 5.69 Å². The molecule has 0 bridgehead atoms. The molecule has 1 amide bonds. The molecule has 0 aliphatic carbocycles. The van der Waals surface area contributed by atoms with Gasteiger partial charge in [0.25, 0.3) is 5.91 Å². The number of carbonyl (C=O) groups excluding carboxylic acids is 1. The zero-order valence-electron chi connectivity index (χ0n) is 13.2. The minimum absolute atomic E-state index is 0.212. The van der Waals surface area contributed by atoms with Gasteiger partial charge in [0.1, 0.15) is 11.5 Å². The second-order valence-electron chi connectivity index (χ2n) is 4.89. The van der Waals surface area contributed by atoms with Crippen molar-refractivity contribution >= 4 is 23.2 Å². The Bertz CT molecular complexity index is 643. The van der Waals surface area contributed by atoms with Crippen LogP contribution in [0.25, 0.3) is 0 Å². The summed E-state index contributed by atoms with van der Waals surface area (Å²) >= 11 is 6.07. The molecule has 2 rings (SSSR count). The molecule has 23 heavy (non-hydrogen) atoms. The zero-order valence-corrected chi connectivity index (χ0v) is 14.0. The smallest absolute Gasteiger partial charge is 0.265 e. The van der Waals surface area contributed by atoms with Gasteiger partial charge in [-0.25, -0.2) is 0 Å². The van der Waals surface area contributed by atoms with E-state index < -0.39 is 6.10 Å². The van der Waals surface area contributed by atoms with E-state index in [-0.39, 0.29) is 5.91 Å². The zero-order chi connectivity index (χ0) is 16.7. The lowest BCUT2D eigenvalue weighted by Crippen LogP contribution is -2.32. The number of anilines is 1. The summed E-state index contributed by atoms with van der Waals surface area (Å²) in [7, 11) is 0. The molecule has 0 saturated heterocycles. The largest absolute Gasteiger partial charge is 0.494 e. The van der Waals surface area contributed by atoms with Gasteiger partial charge in [0.05, 0.1) is 11.6 Å². The van der Waals surface area contributed by atoms with E-state index in [1.54, 1.807) is 24.3 Å². The molecule has 0 heterocycles. The highest BCUT2D eigenvalue weighted by atomic mass is 35.5. The number of halogens is 1. The maximum atomic E-state index is 12.4. The van der Waals surface area contributed by atoms with Crippen LogP contribution in [0.3, 0.4) is 0 Å². The predicted molar refractivity (Wildman–Crippen MR) is 92.4 cm³/mol. The minimum atomic E-state index is -0.610. The lowest BCUT2D eigenvalue weighted by Gasteiger charge is -2.18. The van der Waals surface area contributed by atoms with Crippen molar-refractivity contribution in [3.63, 3.8) is 0 Å². The highest BCUT2D eigenvalue weighted by molar-refractivity contribution is 6.32. The normalized spacial score (nSPS) is 11.6. The highest BCUT2D eigenvalue weighted by Gasteiger charge is 2.19. The van der Waals surface area contributed by atoms with Gasteiger partial charge in [0.15, 0.2) is 6.10 Å². The van der Waals surface area contributed by atoms with Crippen molar-refractivity contribution in [1.29, 1.82) is 0 Å². The Balaban J connectivity index is 2.01. The van der Waals surface area contributed by atoms with Gasteiger partial charge in [-0.3, -0.25) is 4.79 Å². The minimum Gasteiger partial charge on any atom is -0.494 e. The molecular weight excluding hydrogens is 314 g/mol. The van der Waals surface area contributed by atoms with Gasteiger partial charge in [0, 0.05) is 5.69 Å². The molecule has 122 valence electrons. The fourth-order valence-electron chi connectivity index (χ4n) is 2.04. The van der Waals surface area contributed by atoms with Gasteiger partial charge in [-0.15, -0.1) is 0 Å². The van der Waals surface area contributed by atoms with Crippen LogP contribution in [0.5, 0.6) is 11.5 Å². The molecule has 0 aliphatic rings. The third-order valence-corrected chi connectivity index (χ3v) is 3.51. The summed E-state index contributed by atoms with van der Waals surface area (Å²) in [6, 6.07) is 14.3. The molecule has 0 aliphatic heterocycles. The standard InChI is InChI=1S/C18H20ClNO3/c1-3-16(23-17-8-6-5-7-15(17)19)18(21)20-13-9-11-14(12-10-13)22-4-2/h5-12,16H,3-4H2,1-2H3,(H,20,21). The number of carbonyl (C=O) groups is 1. The molecule has 1 N–H and O–H groups in total.